The van der Waals surface area contributed by atoms with Gasteiger partial charge in [-0.2, -0.15) is 12.7 Å². The second-order valence-corrected chi connectivity index (χ2v) is 5.32. The van der Waals surface area contributed by atoms with Crippen molar-refractivity contribution in [2.45, 2.75) is 0 Å². The molecule has 9 heteroatoms. The van der Waals surface area contributed by atoms with E-state index in [4.69, 9.17) is 23.2 Å². The first kappa shape index (κ1) is 12.4. The van der Waals surface area contributed by atoms with Crippen molar-refractivity contribution in [3.8, 4) is 0 Å². The molecule has 0 aromatic carbocycles. The maximum atomic E-state index is 11.4. The topological polar surface area (TPSA) is 75.2 Å². The molecule has 1 aromatic rings. The van der Waals surface area contributed by atoms with Gasteiger partial charge in [0.15, 0.2) is 10.3 Å². The number of halogens is 2. The first-order valence-electron chi connectivity index (χ1n) is 3.71. The lowest BCUT2D eigenvalue weighted by molar-refractivity contribution is 0.527. The van der Waals surface area contributed by atoms with Gasteiger partial charge in [-0.1, -0.05) is 23.2 Å². The molecule has 0 saturated heterocycles. The van der Waals surface area contributed by atoms with E-state index in [9.17, 15) is 8.42 Å². The van der Waals surface area contributed by atoms with Crippen LogP contribution in [0.1, 0.15) is 0 Å². The standard InChI is InChI=1S/C6H8Cl2N4O2S/c1-12(2)15(13,14)11-4-5(7)9-3-10-6(4)8/h3,11H,1-2H3. The highest BCUT2D eigenvalue weighted by molar-refractivity contribution is 7.90. The molecule has 0 radical (unpaired) electrons. The van der Waals surface area contributed by atoms with Gasteiger partial charge in [0.2, 0.25) is 0 Å². The van der Waals surface area contributed by atoms with Crippen LogP contribution in [0.25, 0.3) is 0 Å². The Bertz CT molecular complexity index is 442. The Kier molecular flexibility index (Phi) is 3.72. The highest BCUT2D eigenvalue weighted by atomic mass is 35.5. The molecule has 0 aliphatic carbocycles. The van der Waals surface area contributed by atoms with Crippen LogP contribution in [0.3, 0.4) is 0 Å². The quantitative estimate of drug-likeness (QED) is 0.832. The van der Waals surface area contributed by atoms with Crippen molar-refractivity contribution in [3.63, 3.8) is 0 Å². The summed E-state index contributed by atoms with van der Waals surface area (Å²) < 4.78 is 26.0. The van der Waals surface area contributed by atoms with Crippen LogP contribution in [0.5, 0.6) is 0 Å². The molecule has 0 saturated carbocycles. The molecule has 1 N–H and O–H groups in total. The minimum absolute atomic E-state index is 0.0328. The van der Waals surface area contributed by atoms with Crippen molar-refractivity contribution in [3.05, 3.63) is 16.6 Å². The van der Waals surface area contributed by atoms with Gasteiger partial charge in [0.1, 0.15) is 12.0 Å². The second kappa shape index (κ2) is 4.48. The van der Waals surface area contributed by atoms with Crippen LogP contribution >= 0.6 is 23.2 Å². The molecule has 0 aliphatic rings. The van der Waals surface area contributed by atoms with Crippen molar-refractivity contribution in [2.24, 2.45) is 0 Å². The average Bonchev–Trinajstić information content (AvgIpc) is 2.11. The molecule has 0 unspecified atom stereocenters. The zero-order valence-electron chi connectivity index (χ0n) is 7.90. The Morgan fingerprint density at radius 2 is 1.73 bits per heavy atom. The van der Waals surface area contributed by atoms with E-state index in [1.165, 1.54) is 14.1 Å². The number of nitrogens with one attached hydrogen (secondary N) is 1. The minimum Gasteiger partial charge on any atom is -0.265 e. The number of rotatable bonds is 3. The molecular formula is C6H8Cl2N4O2S. The number of anilines is 1. The van der Waals surface area contributed by atoms with E-state index < -0.39 is 10.2 Å². The van der Waals surface area contributed by atoms with Crippen molar-refractivity contribution in [2.75, 3.05) is 18.8 Å². The lowest BCUT2D eigenvalue weighted by Crippen LogP contribution is -2.29. The van der Waals surface area contributed by atoms with Crippen molar-refractivity contribution < 1.29 is 8.42 Å². The molecule has 1 rings (SSSR count). The SMILES string of the molecule is CN(C)S(=O)(=O)Nc1c(Cl)ncnc1Cl. The van der Waals surface area contributed by atoms with Gasteiger partial charge >= 0.3 is 10.2 Å². The highest BCUT2D eigenvalue weighted by Gasteiger charge is 2.18. The van der Waals surface area contributed by atoms with Gasteiger partial charge in [-0.05, 0) is 0 Å². The summed E-state index contributed by atoms with van der Waals surface area (Å²) in [5.74, 6) is 0. The zero-order chi connectivity index (χ0) is 11.6. The van der Waals surface area contributed by atoms with Gasteiger partial charge in [0, 0.05) is 14.1 Å². The van der Waals surface area contributed by atoms with Gasteiger partial charge in [-0.3, -0.25) is 4.72 Å². The summed E-state index contributed by atoms with van der Waals surface area (Å²) in [5, 5.41) is -0.110. The fourth-order valence-electron chi connectivity index (χ4n) is 0.649. The van der Waals surface area contributed by atoms with E-state index in [1.807, 2.05) is 0 Å². The average molecular weight is 271 g/mol. The summed E-state index contributed by atoms with van der Waals surface area (Å²) in [4.78, 5) is 7.22. The first-order valence-corrected chi connectivity index (χ1v) is 5.90. The van der Waals surface area contributed by atoms with E-state index in [0.29, 0.717) is 0 Å². The molecule has 6 nitrogen and oxygen atoms in total. The molecular weight excluding hydrogens is 263 g/mol. The second-order valence-electron chi connectivity index (χ2n) is 2.72. The summed E-state index contributed by atoms with van der Waals surface area (Å²) in [5.41, 5.74) is -0.0328. The summed E-state index contributed by atoms with van der Waals surface area (Å²) in [6.07, 6.45) is 1.14. The predicted octanol–water partition coefficient (Wildman–Crippen LogP) is 1.00. The third-order valence-corrected chi connectivity index (χ3v) is 3.46. The fourth-order valence-corrected chi connectivity index (χ4v) is 1.80. The van der Waals surface area contributed by atoms with E-state index in [2.05, 4.69) is 14.7 Å². The van der Waals surface area contributed by atoms with E-state index >= 15 is 0 Å². The van der Waals surface area contributed by atoms with Crippen LogP contribution < -0.4 is 4.72 Å². The van der Waals surface area contributed by atoms with Crippen LogP contribution in [-0.4, -0.2) is 36.8 Å². The van der Waals surface area contributed by atoms with Gasteiger partial charge in [0.25, 0.3) is 0 Å². The molecule has 15 heavy (non-hydrogen) atoms. The summed E-state index contributed by atoms with van der Waals surface area (Å²) in [6.45, 7) is 0. The Morgan fingerprint density at radius 1 is 1.27 bits per heavy atom. The van der Waals surface area contributed by atoms with E-state index in [1.54, 1.807) is 0 Å². The molecule has 0 spiro atoms. The summed E-state index contributed by atoms with van der Waals surface area (Å²) >= 11 is 11.3. The van der Waals surface area contributed by atoms with Crippen LogP contribution in [0.4, 0.5) is 5.69 Å². The predicted molar refractivity (Wildman–Crippen MR) is 58.3 cm³/mol. The number of hydrogen-bond donors (Lipinski definition) is 1. The zero-order valence-corrected chi connectivity index (χ0v) is 10.2. The highest BCUT2D eigenvalue weighted by Crippen LogP contribution is 2.26. The lowest BCUT2D eigenvalue weighted by Gasteiger charge is -2.14. The van der Waals surface area contributed by atoms with Gasteiger partial charge in [0.05, 0.1) is 0 Å². The van der Waals surface area contributed by atoms with Gasteiger partial charge in [-0.15, -0.1) is 0 Å². The monoisotopic (exact) mass is 270 g/mol. The van der Waals surface area contributed by atoms with Crippen molar-refractivity contribution in [1.29, 1.82) is 0 Å². The smallest absolute Gasteiger partial charge is 0.265 e. The molecule has 0 fully saturated rings. The molecule has 0 amide bonds. The van der Waals surface area contributed by atoms with Gasteiger partial charge in [-0.25, -0.2) is 9.97 Å². The largest absolute Gasteiger partial charge is 0.301 e. The van der Waals surface area contributed by atoms with Crippen molar-refractivity contribution >= 4 is 39.1 Å². The Balaban J connectivity index is 3.11. The lowest BCUT2D eigenvalue weighted by atomic mass is 10.6. The van der Waals surface area contributed by atoms with E-state index in [0.717, 1.165) is 10.6 Å². The number of nitrogens with zero attached hydrogens (tertiary/aromatic N) is 3. The minimum atomic E-state index is -3.66. The molecule has 0 bridgehead atoms. The van der Waals surface area contributed by atoms with Crippen LogP contribution in [0, 0.1) is 0 Å². The number of aromatic nitrogens is 2. The van der Waals surface area contributed by atoms with E-state index in [-0.39, 0.29) is 16.0 Å². The van der Waals surface area contributed by atoms with Gasteiger partial charge < -0.3 is 0 Å². The van der Waals surface area contributed by atoms with Crippen LogP contribution in [0.2, 0.25) is 10.3 Å². The Morgan fingerprint density at radius 3 is 2.13 bits per heavy atom. The molecule has 84 valence electrons. The molecule has 1 heterocycles. The number of hydrogen-bond acceptors (Lipinski definition) is 4. The summed E-state index contributed by atoms with van der Waals surface area (Å²) in [7, 11) is -0.924. The Labute approximate surface area is 97.4 Å². The third-order valence-electron chi connectivity index (χ3n) is 1.47. The van der Waals surface area contributed by atoms with Crippen LogP contribution in [-0.2, 0) is 10.2 Å². The molecule has 1 aromatic heterocycles. The molecule has 0 atom stereocenters. The maximum absolute atomic E-state index is 11.4. The maximum Gasteiger partial charge on any atom is 0.301 e. The third kappa shape index (κ3) is 2.91. The van der Waals surface area contributed by atoms with Crippen molar-refractivity contribution in [1.82, 2.24) is 14.3 Å². The fraction of sp³-hybridized carbons (Fsp3) is 0.333. The Hall–Kier alpha value is -0.630. The first-order chi connectivity index (χ1) is 6.84. The summed E-state index contributed by atoms with van der Waals surface area (Å²) in [6, 6.07) is 0. The normalized spacial score (nSPS) is 11.8. The van der Waals surface area contributed by atoms with Crippen LogP contribution in [0.15, 0.2) is 6.33 Å². The molecule has 0 aliphatic heterocycles.